The Morgan fingerprint density at radius 3 is 1.97 bits per heavy atom. The number of carbonyl (C=O) groups excluding carboxylic acids is 2. The second kappa shape index (κ2) is 11.5. The van der Waals surface area contributed by atoms with Crippen LogP contribution >= 0.6 is 58.2 Å². The summed E-state index contributed by atoms with van der Waals surface area (Å²) in [5.74, 6) is -2.45. The van der Waals surface area contributed by atoms with Gasteiger partial charge in [-0.05, 0) is 49.7 Å². The number of rotatable bonds is 7. The number of carbonyl (C=O) groups is 3. The molecule has 0 aliphatic rings. The smallest absolute Gasteiger partial charge is 0.338 e. The van der Waals surface area contributed by atoms with Crippen molar-refractivity contribution >= 4 is 87.3 Å². The minimum atomic E-state index is -1.48. The summed E-state index contributed by atoms with van der Waals surface area (Å²) in [7, 11) is 0. The van der Waals surface area contributed by atoms with Crippen LogP contribution in [0.15, 0.2) is 53.4 Å². The molecule has 3 N–H and O–H groups in total. The van der Waals surface area contributed by atoms with Crippen molar-refractivity contribution in [1.82, 2.24) is 0 Å². The van der Waals surface area contributed by atoms with Crippen LogP contribution in [0.2, 0.25) is 20.1 Å². The fourth-order valence-electron chi connectivity index (χ4n) is 3.06. The van der Waals surface area contributed by atoms with Crippen molar-refractivity contribution in [3.8, 4) is 0 Å². The number of aromatic carboxylic acids is 1. The van der Waals surface area contributed by atoms with Crippen molar-refractivity contribution in [1.29, 1.82) is 0 Å². The van der Waals surface area contributed by atoms with Crippen LogP contribution in [0.5, 0.6) is 0 Å². The standard InChI is InChI=1S/C24H18Cl4N2O4S/c1-11-5-3-4-6-15(11)30-22(31)12(2)35-14-9-7-13(8-10-14)29-23(32)16-17(24(33)34)19(26)21(28)20(27)18(16)25/h3-10,12H,1-2H3,(H,29,32)(H,30,31)(H,33,34). The fraction of sp³-hybridized carbons (Fsp3) is 0.125. The Morgan fingerprint density at radius 1 is 0.829 bits per heavy atom. The van der Waals surface area contributed by atoms with E-state index in [4.69, 9.17) is 46.4 Å². The first kappa shape index (κ1) is 27.2. The van der Waals surface area contributed by atoms with Gasteiger partial charge in [0.05, 0.1) is 36.5 Å². The summed E-state index contributed by atoms with van der Waals surface area (Å²) in [5, 5.41) is 13.4. The molecule has 35 heavy (non-hydrogen) atoms. The summed E-state index contributed by atoms with van der Waals surface area (Å²) >= 11 is 25.4. The highest BCUT2D eigenvalue weighted by molar-refractivity contribution is 8.00. The van der Waals surface area contributed by atoms with Gasteiger partial charge in [0.15, 0.2) is 0 Å². The molecule has 3 rings (SSSR count). The molecule has 11 heteroatoms. The maximum absolute atomic E-state index is 12.9. The third-order valence-corrected chi connectivity index (χ3v) is 7.82. The highest BCUT2D eigenvalue weighted by Crippen LogP contribution is 2.42. The zero-order chi connectivity index (χ0) is 25.9. The van der Waals surface area contributed by atoms with E-state index < -0.39 is 23.0 Å². The predicted molar refractivity (Wildman–Crippen MR) is 143 cm³/mol. The average Bonchev–Trinajstić information content (AvgIpc) is 2.82. The van der Waals surface area contributed by atoms with Crippen molar-refractivity contribution in [3.63, 3.8) is 0 Å². The van der Waals surface area contributed by atoms with Crippen LogP contribution in [-0.4, -0.2) is 28.1 Å². The molecule has 0 bridgehead atoms. The number of hydrogen-bond donors (Lipinski definition) is 3. The minimum absolute atomic E-state index is 0.144. The number of hydrogen-bond acceptors (Lipinski definition) is 4. The van der Waals surface area contributed by atoms with E-state index in [1.807, 2.05) is 31.2 Å². The normalized spacial score (nSPS) is 11.6. The molecular formula is C24H18Cl4N2O4S. The van der Waals surface area contributed by atoms with Gasteiger partial charge in [0.2, 0.25) is 5.91 Å². The summed E-state index contributed by atoms with van der Waals surface area (Å²) in [5.41, 5.74) is 1.13. The van der Waals surface area contributed by atoms with Crippen molar-refractivity contribution in [2.24, 2.45) is 0 Å². The molecular weight excluding hydrogens is 554 g/mol. The maximum Gasteiger partial charge on any atom is 0.338 e. The van der Waals surface area contributed by atoms with E-state index in [0.717, 1.165) is 16.1 Å². The summed E-state index contributed by atoms with van der Waals surface area (Å²) in [6, 6.07) is 14.2. The summed E-state index contributed by atoms with van der Waals surface area (Å²) < 4.78 is 0. The number of carboxylic acid groups (broad SMARTS) is 1. The van der Waals surface area contributed by atoms with E-state index in [9.17, 15) is 19.5 Å². The Balaban J connectivity index is 1.72. The molecule has 1 atom stereocenters. The molecule has 182 valence electrons. The molecule has 0 aliphatic carbocycles. The van der Waals surface area contributed by atoms with Crippen LogP contribution < -0.4 is 10.6 Å². The molecule has 1 unspecified atom stereocenters. The first-order valence-corrected chi connectivity index (χ1v) is 12.4. The Kier molecular flexibility index (Phi) is 8.96. The maximum atomic E-state index is 12.9. The highest BCUT2D eigenvalue weighted by Gasteiger charge is 2.29. The number of carboxylic acids is 1. The lowest BCUT2D eigenvalue weighted by Gasteiger charge is -2.15. The molecule has 0 saturated carbocycles. The van der Waals surface area contributed by atoms with Crippen LogP contribution in [0.3, 0.4) is 0 Å². The predicted octanol–water partition coefficient (Wildman–Crippen LogP) is 7.68. The highest BCUT2D eigenvalue weighted by atomic mass is 35.5. The second-order valence-corrected chi connectivity index (χ2v) is 10.3. The first-order valence-electron chi connectivity index (χ1n) is 10.0. The lowest BCUT2D eigenvalue weighted by Crippen LogP contribution is -2.22. The lowest BCUT2D eigenvalue weighted by molar-refractivity contribution is -0.115. The number of amides is 2. The van der Waals surface area contributed by atoms with E-state index in [-0.39, 0.29) is 31.2 Å². The summed E-state index contributed by atoms with van der Waals surface area (Å²) in [6.45, 7) is 3.70. The van der Waals surface area contributed by atoms with Gasteiger partial charge in [-0.25, -0.2) is 4.79 Å². The summed E-state index contributed by atoms with van der Waals surface area (Å²) in [6.07, 6.45) is 0. The molecule has 0 spiro atoms. The van der Waals surface area contributed by atoms with Gasteiger partial charge in [-0.2, -0.15) is 0 Å². The van der Waals surface area contributed by atoms with Gasteiger partial charge in [0.25, 0.3) is 5.91 Å². The van der Waals surface area contributed by atoms with Crippen molar-refractivity contribution < 1.29 is 19.5 Å². The van der Waals surface area contributed by atoms with Gasteiger partial charge in [-0.15, -0.1) is 11.8 Å². The van der Waals surface area contributed by atoms with E-state index in [0.29, 0.717) is 5.69 Å². The molecule has 0 aromatic heterocycles. The monoisotopic (exact) mass is 570 g/mol. The molecule has 6 nitrogen and oxygen atoms in total. The summed E-state index contributed by atoms with van der Waals surface area (Å²) in [4.78, 5) is 37.9. The average molecular weight is 572 g/mol. The zero-order valence-corrected chi connectivity index (χ0v) is 22.1. The number of anilines is 2. The van der Waals surface area contributed by atoms with Gasteiger partial charge in [0.1, 0.15) is 0 Å². The third-order valence-electron chi connectivity index (χ3n) is 4.91. The van der Waals surface area contributed by atoms with Gasteiger partial charge < -0.3 is 15.7 Å². The topological polar surface area (TPSA) is 95.5 Å². The van der Waals surface area contributed by atoms with Crippen molar-refractivity contribution in [2.75, 3.05) is 10.6 Å². The fourth-order valence-corrected chi connectivity index (χ4v) is 4.95. The number of thioether (sulfide) groups is 1. The molecule has 0 heterocycles. The first-order chi connectivity index (χ1) is 16.5. The Bertz CT molecular complexity index is 1320. The largest absolute Gasteiger partial charge is 0.478 e. The molecule has 0 fully saturated rings. The number of nitrogens with one attached hydrogen (secondary N) is 2. The number of benzene rings is 3. The van der Waals surface area contributed by atoms with Gasteiger partial charge in [0, 0.05) is 16.3 Å². The Morgan fingerprint density at radius 2 is 1.40 bits per heavy atom. The van der Waals surface area contributed by atoms with E-state index in [1.165, 1.54) is 11.8 Å². The quantitative estimate of drug-likeness (QED) is 0.153. The van der Waals surface area contributed by atoms with Crippen molar-refractivity contribution in [3.05, 3.63) is 85.3 Å². The molecule has 0 radical (unpaired) electrons. The third kappa shape index (κ3) is 6.23. The number of aryl methyl sites for hydroxylation is 1. The van der Waals surface area contributed by atoms with Gasteiger partial charge in [-0.1, -0.05) is 64.6 Å². The second-order valence-electron chi connectivity index (χ2n) is 7.35. The molecule has 0 saturated heterocycles. The number of halogens is 4. The van der Waals surface area contributed by atoms with Gasteiger partial charge in [-0.3, -0.25) is 9.59 Å². The molecule has 3 aromatic carbocycles. The van der Waals surface area contributed by atoms with Crippen LogP contribution in [0.1, 0.15) is 33.2 Å². The van der Waals surface area contributed by atoms with Crippen LogP contribution in [0.4, 0.5) is 11.4 Å². The molecule has 2 amide bonds. The molecule has 0 aliphatic heterocycles. The van der Waals surface area contributed by atoms with E-state index in [1.54, 1.807) is 31.2 Å². The molecule has 3 aromatic rings. The minimum Gasteiger partial charge on any atom is -0.478 e. The van der Waals surface area contributed by atoms with Crippen LogP contribution in [-0.2, 0) is 4.79 Å². The van der Waals surface area contributed by atoms with Crippen LogP contribution in [0, 0.1) is 6.92 Å². The van der Waals surface area contributed by atoms with E-state index >= 15 is 0 Å². The van der Waals surface area contributed by atoms with Gasteiger partial charge >= 0.3 is 5.97 Å². The Labute approximate surface area is 225 Å². The lowest BCUT2D eigenvalue weighted by atomic mass is 10.1. The SMILES string of the molecule is Cc1ccccc1NC(=O)C(C)Sc1ccc(NC(=O)c2c(Cl)c(Cl)c(Cl)c(Cl)c2C(=O)O)cc1. The van der Waals surface area contributed by atoms with E-state index in [2.05, 4.69) is 10.6 Å². The van der Waals surface area contributed by atoms with Crippen LogP contribution in [0.25, 0.3) is 0 Å². The zero-order valence-electron chi connectivity index (χ0n) is 18.3. The Hall–Kier alpha value is -2.42. The van der Waals surface area contributed by atoms with Crippen molar-refractivity contribution in [2.45, 2.75) is 24.0 Å². The number of para-hydroxylation sites is 1.